The molecule has 3 heteroatoms. The highest BCUT2D eigenvalue weighted by Gasteiger charge is 2.09. The second-order valence-corrected chi connectivity index (χ2v) is 3.64. The Bertz CT molecular complexity index is 336. The van der Waals surface area contributed by atoms with Gasteiger partial charge in [0.2, 0.25) is 0 Å². The molecule has 1 rings (SSSR count). The van der Waals surface area contributed by atoms with E-state index in [-0.39, 0.29) is 12.0 Å². The molecule has 3 nitrogen and oxygen atoms in total. The molecule has 1 aromatic rings. The van der Waals surface area contributed by atoms with Crippen molar-refractivity contribution >= 4 is 11.7 Å². The van der Waals surface area contributed by atoms with Crippen LogP contribution in [0.2, 0.25) is 0 Å². The van der Waals surface area contributed by atoms with Crippen LogP contribution in [-0.2, 0) is 9.53 Å². The summed E-state index contributed by atoms with van der Waals surface area (Å²) in [4.78, 5) is 11.0. The van der Waals surface area contributed by atoms with Gasteiger partial charge in [-0.2, -0.15) is 0 Å². The summed E-state index contributed by atoms with van der Waals surface area (Å²) in [6.45, 7) is 4.00. The summed E-state index contributed by atoms with van der Waals surface area (Å²) < 4.78 is 4.61. The normalized spacial score (nSPS) is 11.9. The van der Waals surface area contributed by atoms with Crippen molar-refractivity contribution in [1.29, 1.82) is 0 Å². The Hall–Kier alpha value is -1.51. The van der Waals surface area contributed by atoms with Crippen molar-refractivity contribution in [3.63, 3.8) is 0 Å². The van der Waals surface area contributed by atoms with E-state index in [9.17, 15) is 4.79 Å². The standard InChI is InChI=1S/C12H17NO2/c1-9-6-4-5-7-11(9)13-10(2)8-12(14)15-3/h4-7,10,13H,8H2,1-3H3/t10-/m1/s1. The lowest BCUT2D eigenvalue weighted by molar-refractivity contribution is -0.140. The lowest BCUT2D eigenvalue weighted by atomic mass is 10.1. The second-order valence-electron chi connectivity index (χ2n) is 3.64. The Balaban J connectivity index is 2.55. The molecule has 0 aliphatic heterocycles. The van der Waals surface area contributed by atoms with Gasteiger partial charge in [0.25, 0.3) is 0 Å². The quantitative estimate of drug-likeness (QED) is 0.770. The molecule has 15 heavy (non-hydrogen) atoms. The molecule has 1 N–H and O–H groups in total. The number of hydrogen-bond donors (Lipinski definition) is 1. The van der Waals surface area contributed by atoms with Crippen molar-refractivity contribution < 1.29 is 9.53 Å². The van der Waals surface area contributed by atoms with E-state index in [1.165, 1.54) is 12.7 Å². The lowest BCUT2D eigenvalue weighted by Crippen LogP contribution is -2.20. The van der Waals surface area contributed by atoms with E-state index < -0.39 is 0 Å². The summed E-state index contributed by atoms with van der Waals surface area (Å²) in [6, 6.07) is 8.08. The molecule has 0 fully saturated rings. The first-order chi connectivity index (χ1) is 7.13. The molecule has 0 aliphatic rings. The van der Waals surface area contributed by atoms with Crippen molar-refractivity contribution in [3.8, 4) is 0 Å². The minimum absolute atomic E-state index is 0.0820. The van der Waals surface area contributed by atoms with E-state index in [0.29, 0.717) is 6.42 Å². The molecule has 0 aromatic heterocycles. The van der Waals surface area contributed by atoms with E-state index in [2.05, 4.69) is 10.1 Å². The summed E-state index contributed by atoms with van der Waals surface area (Å²) in [6.07, 6.45) is 0.380. The first kappa shape index (κ1) is 11.6. The van der Waals surface area contributed by atoms with Gasteiger partial charge in [-0.15, -0.1) is 0 Å². The van der Waals surface area contributed by atoms with Gasteiger partial charge < -0.3 is 10.1 Å². The molecule has 0 aliphatic carbocycles. The molecular weight excluding hydrogens is 190 g/mol. The number of hydrogen-bond acceptors (Lipinski definition) is 3. The van der Waals surface area contributed by atoms with Crippen LogP contribution in [0.25, 0.3) is 0 Å². The molecule has 0 radical (unpaired) electrons. The van der Waals surface area contributed by atoms with E-state index in [4.69, 9.17) is 0 Å². The molecule has 0 spiro atoms. The largest absolute Gasteiger partial charge is 0.469 e. The van der Waals surface area contributed by atoms with Crippen LogP contribution in [0.5, 0.6) is 0 Å². The summed E-state index contributed by atoms with van der Waals surface area (Å²) >= 11 is 0. The number of nitrogens with one attached hydrogen (secondary N) is 1. The van der Waals surface area contributed by atoms with Crippen LogP contribution in [-0.4, -0.2) is 19.1 Å². The number of carbonyl (C=O) groups is 1. The molecule has 0 bridgehead atoms. The molecule has 0 saturated carbocycles. The number of para-hydroxylation sites is 1. The third-order valence-electron chi connectivity index (χ3n) is 2.25. The Labute approximate surface area is 90.4 Å². The van der Waals surface area contributed by atoms with Crippen molar-refractivity contribution in [2.45, 2.75) is 26.3 Å². The van der Waals surface area contributed by atoms with Gasteiger partial charge in [0.05, 0.1) is 13.5 Å². The molecule has 1 aromatic carbocycles. The smallest absolute Gasteiger partial charge is 0.307 e. The lowest BCUT2D eigenvalue weighted by Gasteiger charge is -2.15. The number of rotatable bonds is 4. The molecule has 0 saturated heterocycles. The van der Waals surface area contributed by atoms with Gasteiger partial charge in [0.1, 0.15) is 0 Å². The average Bonchev–Trinajstić information content (AvgIpc) is 2.21. The number of esters is 1. The van der Waals surface area contributed by atoms with Crippen molar-refractivity contribution in [2.75, 3.05) is 12.4 Å². The molecular formula is C12H17NO2. The first-order valence-electron chi connectivity index (χ1n) is 5.02. The predicted molar refractivity (Wildman–Crippen MR) is 60.9 cm³/mol. The molecule has 0 amide bonds. The minimum atomic E-state index is -0.191. The van der Waals surface area contributed by atoms with E-state index in [0.717, 1.165) is 5.69 Å². The van der Waals surface area contributed by atoms with Crippen LogP contribution in [0, 0.1) is 6.92 Å². The summed E-state index contributed by atoms with van der Waals surface area (Å²) in [7, 11) is 1.41. The van der Waals surface area contributed by atoms with E-state index >= 15 is 0 Å². The number of anilines is 1. The van der Waals surface area contributed by atoms with Crippen molar-refractivity contribution in [2.24, 2.45) is 0 Å². The van der Waals surface area contributed by atoms with Crippen LogP contribution < -0.4 is 5.32 Å². The van der Waals surface area contributed by atoms with Gasteiger partial charge in [0, 0.05) is 11.7 Å². The molecule has 82 valence electrons. The van der Waals surface area contributed by atoms with Gasteiger partial charge in [-0.05, 0) is 25.5 Å². The first-order valence-corrected chi connectivity index (χ1v) is 5.02. The third-order valence-corrected chi connectivity index (χ3v) is 2.25. The number of benzene rings is 1. The maximum Gasteiger partial charge on any atom is 0.307 e. The fraction of sp³-hybridized carbons (Fsp3) is 0.417. The van der Waals surface area contributed by atoms with E-state index in [1.54, 1.807) is 0 Å². The highest BCUT2D eigenvalue weighted by atomic mass is 16.5. The SMILES string of the molecule is COC(=O)C[C@@H](C)Nc1ccccc1C. The summed E-state index contributed by atoms with van der Waals surface area (Å²) in [5, 5.41) is 3.27. The number of ether oxygens (including phenoxy) is 1. The van der Waals surface area contributed by atoms with Gasteiger partial charge >= 0.3 is 5.97 Å². The zero-order valence-electron chi connectivity index (χ0n) is 9.41. The van der Waals surface area contributed by atoms with Gasteiger partial charge in [0.15, 0.2) is 0 Å². The highest BCUT2D eigenvalue weighted by molar-refractivity contribution is 5.70. The minimum Gasteiger partial charge on any atom is -0.469 e. The number of methoxy groups -OCH3 is 1. The molecule has 1 atom stereocenters. The van der Waals surface area contributed by atoms with Gasteiger partial charge in [-0.1, -0.05) is 18.2 Å². The van der Waals surface area contributed by atoms with Crippen molar-refractivity contribution in [3.05, 3.63) is 29.8 Å². The number of carbonyl (C=O) groups excluding carboxylic acids is 1. The predicted octanol–water partition coefficient (Wildman–Crippen LogP) is 2.36. The fourth-order valence-electron chi connectivity index (χ4n) is 1.38. The fourth-order valence-corrected chi connectivity index (χ4v) is 1.38. The summed E-state index contributed by atoms with van der Waals surface area (Å²) in [5.74, 6) is -0.191. The van der Waals surface area contributed by atoms with E-state index in [1.807, 2.05) is 38.1 Å². The zero-order chi connectivity index (χ0) is 11.3. The van der Waals surface area contributed by atoms with Crippen LogP contribution >= 0.6 is 0 Å². The van der Waals surface area contributed by atoms with Gasteiger partial charge in [-0.3, -0.25) is 4.79 Å². The number of aryl methyl sites for hydroxylation is 1. The van der Waals surface area contributed by atoms with Crippen LogP contribution in [0.1, 0.15) is 18.9 Å². The third kappa shape index (κ3) is 3.62. The summed E-state index contributed by atoms with van der Waals surface area (Å²) in [5.41, 5.74) is 2.24. The Morgan fingerprint density at radius 2 is 2.13 bits per heavy atom. The Morgan fingerprint density at radius 3 is 2.73 bits per heavy atom. The Morgan fingerprint density at radius 1 is 1.47 bits per heavy atom. The second kappa shape index (κ2) is 5.39. The zero-order valence-corrected chi connectivity index (χ0v) is 9.41. The van der Waals surface area contributed by atoms with Gasteiger partial charge in [-0.25, -0.2) is 0 Å². The average molecular weight is 207 g/mol. The maximum absolute atomic E-state index is 11.0. The molecule has 0 unspecified atom stereocenters. The monoisotopic (exact) mass is 207 g/mol. The van der Waals surface area contributed by atoms with Crippen LogP contribution in [0.15, 0.2) is 24.3 Å². The molecule has 0 heterocycles. The van der Waals surface area contributed by atoms with Crippen LogP contribution in [0.4, 0.5) is 5.69 Å². The van der Waals surface area contributed by atoms with Crippen molar-refractivity contribution in [1.82, 2.24) is 0 Å². The van der Waals surface area contributed by atoms with Crippen LogP contribution in [0.3, 0.4) is 0 Å². The maximum atomic E-state index is 11.0. The highest BCUT2D eigenvalue weighted by Crippen LogP contribution is 2.15. The Kier molecular flexibility index (Phi) is 4.16. The topological polar surface area (TPSA) is 38.3 Å².